The third-order valence-corrected chi connectivity index (χ3v) is 3.52. The smallest absolute Gasteiger partial charge is 0.384 e. The van der Waals surface area contributed by atoms with Gasteiger partial charge in [0.1, 0.15) is 22.2 Å². The number of rotatable bonds is 3. The van der Waals surface area contributed by atoms with E-state index in [1.54, 1.807) is 52.1 Å². The predicted molar refractivity (Wildman–Crippen MR) is 93.4 cm³/mol. The van der Waals surface area contributed by atoms with Crippen LogP contribution in [0.4, 0.5) is 5.69 Å². The van der Waals surface area contributed by atoms with Crippen molar-refractivity contribution in [2.45, 2.75) is 26.4 Å². The number of hydrogen-bond donors (Lipinski definition) is 1. The van der Waals surface area contributed by atoms with E-state index in [-0.39, 0.29) is 16.9 Å². The third kappa shape index (κ3) is 3.23. The van der Waals surface area contributed by atoms with Gasteiger partial charge in [-0.25, -0.2) is 9.59 Å². The number of fused-ring (bicyclic) bond motifs is 1. The molecule has 0 amide bonds. The first-order valence-corrected chi connectivity index (χ1v) is 7.88. The Labute approximate surface area is 149 Å². The van der Waals surface area contributed by atoms with Crippen molar-refractivity contribution in [2.75, 3.05) is 5.73 Å². The number of carbonyl (C=O) groups excluding carboxylic acids is 2. The maximum absolute atomic E-state index is 12.6. The van der Waals surface area contributed by atoms with E-state index in [0.717, 1.165) is 4.85 Å². The SMILES string of the molecule is Cn1cc(C(=O)OC(C)(C)C)c(N)c1C(=O)On1nnc2ccccc21. The van der Waals surface area contributed by atoms with Crippen LogP contribution in [0.1, 0.15) is 41.6 Å². The first kappa shape index (κ1) is 17.5. The minimum absolute atomic E-state index is 0.0174. The highest BCUT2D eigenvalue weighted by atomic mass is 16.7. The van der Waals surface area contributed by atoms with Gasteiger partial charge >= 0.3 is 11.9 Å². The average molecular weight is 357 g/mol. The second-order valence-electron chi connectivity index (χ2n) is 6.75. The molecule has 0 aliphatic heterocycles. The van der Waals surface area contributed by atoms with E-state index >= 15 is 0 Å². The fourth-order valence-corrected chi connectivity index (χ4v) is 2.43. The highest BCUT2D eigenvalue weighted by Crippen LogP contribution is 2.23. The van der Waals surface area contributed by atoms with Crippen molar-refractivity contribution in [2.24, 2.45) is 7.05 Å². The summed E-state index contributed by atoms with van der Waals surface area (Å²) in [6.07, 6.45) is 1.43. The molecule has 0 unspecified atom stereocenters. The van der Waals surface area contributed by atoms with Gasteiger partial charge in [-0.2, -0.15) is 0 Å². The Bertz CT molecular complexity index is 996. The Kier molecular flexibility index (Phi) is 4.15. The molecule has 9 nitrogen and oxygen atoms in total. The number of hydrogen-bond acceptors (Lipinski definition) is 7. The molecule has 136 valence electrons. The number of benzene rings is 1. The summed E-state index contributed by atoms with van der Waals surface area (Å²) in [7, 11) is 1.58. The Hall–Kier alpha value is -3.36. The van der Waals surface area contributed by atoms with E-state index in [9.17, 15) is 9.59 Å². The Balaban J connectivity index is 1.89. The molecule has 0 spiro atoms. The van der Waals surface area contributed by atoms with Gasteiger partial charge in [-0.1, -0.05) is 17.0 Å². The van der Waals surface area contributed by atoms with E-state index in [4.69, 9.17) is 15.3 Å². The molecule has 3 rings (SSSR count). The Morgan fingerprint density at radius 2 is 1.85 bits per heavy atom. The van der Waals surface area contributed by atoms with Gasteiger partial charge in [0.05, 0.1) is 5.69 Å². The van der Waals surface area contributed by atoms with E-state index in [1.165, 1.54) is 10.8 Å². The summed E-state index contributed by atoms with van der Waals surface area (Å²) in [6, 6.07) is 7.02. The highest BCUT2D eigenvalue weighted by Gasteiger charge is 2.27. The van der Waals surface area contributed by atoms with Crippen molar-refractivity contribution >= 4 is 28.7 Å². The number of carbonyl (C=O) groups is 2. The molecule has 2 heterocycles. The lowest BCUT2D eigenvalue weighted by atomic mass is 10.2. The van der Waals surface area contributed by atoms with Crippen molar-refractivity contribution < 1.29 is 19.2 Å². The summed E-state index contributed by atoms with van der Waals surface area (Å²) < 4.78 is 6.72. The maximum Gasteiger partial charge on any atom is 0.384 e. The molecule has 0 aliphatic rings. The zero-order chi connectivity index (χ0) is 19.1. The fourth-order valence-electron chi connectivity index (χ4n) is 2.43. The highest BCUT2D eigenvalue weighted by molar-refractivity contribution is 6.03. The second-order valence-corrected chi connectivity index (χ2v) is 6.75. The summed E-state index contributed by atoms with van der Waals surface area (Å²) in [4.78, 5) is 31.1. The zero-order valence-electron chi connectivity index (χ0n) is 14.9. The molecule has 1 aromatic carbocycles. The second kappa shape index (κ2) is 6.17. The molecular weight excluding hydrogens is 338 g/mol. The van der Waals surface area contributed by atoms with E-state index in [1.807, 2.05) is 0 Å². The van der Waals surface area contributed by atoms with Crippen LogP contribution in [-0.2, 0) is 11.8 Å². The molecule has 9 heteroatoms. The molecular formula is C17H19N5O4. The molecule has 0 fully saturated rings. The topological polar surface area (TPSA) is 114 Å². The molecule has 0 saturated heterocycles. The molecule has 2 N–H and O–H groups in total. The molecule has 3 aromatic rings. The largest absolute Gasteiger partial charge is 0.456 e. The standard InChI is InChI=1S/C17H19N5O4/c1-17(2,3)25-15(23)10-9-21(4)14(13(10)18)16(24)26-22-12-8-6-5-7-11(12)19-20-22/h5-9H,18H2,1-4H3. The summed E-state index contributed by atoms with van der Waals surface area (Å²) in [5, 5.41) is 7.70. The van der Waals surface area contributed by atoms with Gasteiger partial charge in [-0.3, -0.25) is 0 Å². The maximum atomic E-state index is 12.6. The number of aromatic nitrogens is 4. The number of aryl methyl sites for hydroxylation is 1. The fraction of sp³-hybridized carbons (Fsp3) is 0.294. The van der Waals surface area contributed by atoms with Crippen LogP contribution in [0.2, 0.25) is 0 Å². The van der Waals surface area contributed by atoms with Crippen LogP contribution in [-0.4, -0.2) is 37.3 Å². The quantitative estimate of drug-likeness (QED) is 0.559. The number of ether oxygens (including phenoxy) is 1. The molecule has 0 bridgehead atoms. The number of esters is 1. The van der Waals surface area contributed by atoms with Crippen molar-refractivity contribution in [1.29, 1.82) is 0 Å². The van der Waals surface area contributed by atoms with Gasteiger partial charge in [0.15, 0.2) is 5.69 Å². The van der Waals surface area contributed by atoms with Crippen molar-refractivity contribution in [3.63, 3.8) is 0 Å². The van der Waals surface area contributed by atoms with E-state index < -0.39 is 17.5 Å². The van der Waals surface area contributed by atoms with Crippen molar-refractivity contribution in [1.82, 2.24) is 19.7 Å². The lowest BCUT2D eigenvalue weighted by Gasteiger charge is -2.19. The molecule has 2 aromatic heterocycles. The average Bonchev–Trinajstić information content (AvgIpc) is 3.07. The van der Waals surface area contributed by atoms with Crippen LogP contribution in [0.15, 0.2) is 30.5 Å². The summed E-state index contributed by atoms with van der Waals surface area (Å²) in [5.41, 5.74) is 6.52. The predicted octanol–water partition coefficient (Wildman–Crippen LogP) is 1.58. The van der Waals surface area contributed by atoms with Crippen LogP contribution < -0.4 is 10.6 Å². The lowest BCUT2D eigenvalue weighted by Crippen LogP contribution is -2.25. The van der Waals surface area contributed by atoms with Gasteiger partial charge in [0, 0.05) is 13.2 Å². The van der Waals surface area contributed by atoms with Crippen LogP contribution in [0.25, 0.3) is 11.0 Å². The Morgan fingerprint density at radius 3 is 2.54 bits per heavy atom. The number of nitrogens with two attached hydrogens (primary N) is 1. The molecule has 26 heavy (non-hydrogen) atoms. The minimum atomic E-state index is -0.768. The van der Waals surface area contributed by atoms with Crippen LogP contribution in [0, 0.1) is 0 Å². The summed E-state index contributed by atoms with van der Waals surface area (Å²) in [6.45, 7) is 5.24. The number of nitrogens with zero attached hydrogens (tertiary/aromatic N) is 4. The van der Waals surface area contributed by atoms with Crippen molar-refractivity contribution in [3.05, 3.63) is 41.7 Å². The van der Waals surface area contributed by atoms with Crippen LogP contribution in [0.3, 0.4) is 0 Å². The lowest BCUT2D eigenvalue weighted by molar-refractivity contribution is 0.00706. The molecule has 0 radical (unpaired) electrons. The van der Waals surface area contributed by atoms with Gasteiger partial charge in [0.2, 0.25) is 0 Å². The minimum Gasteiger partial charge on any atom is -0.456 e. The van der Waals surface area contributed by atoms with E-state index in [0.29, 0.717) is 11.0 Å². The zero-order valence-corrected chi connectivity index (χ0v) is 14.9. The van der Waals surface area contributed by atoms with E-state index in [2.05, 4.69) is 10.3 Å². The number of para-hydroxylation sites is 1. The molecule has 0 atom stereocenters. The molecule has 0 aliphatic carbocycles. The normalized spacial score (nSPS) is 11.5. The molecule has 0 saturated carbocycles. The van der Waals surface area contributed by atoms with Crippen molar-refractivity contribution in [3.8, 4) is 0 Å². The third-order valence-electron chi connectivity index (χ3n) is 3.52. The van der Waals surface area contributed by atoms with Gasteiger partial charge in [0.25, 0.3) is 0 Å². The summed E-state index contributed by atoms with van der Waals surface area (Å²) >= 11 is 0. The first-order valence-electron chi connectivity index (χ1n) is 7.88. The summed E-state index contributed by atoms with van der Waals surface area (Å²) in [5.74, 6) is -1.38. The van der Waals surface area contributed by atoms with Crippen LogP contribution >= 0.6 is 0 Å². The number of nitrogen functional groups attached to an aromatic ring is 1. The van der Waals surface area contributed by atoms with Gasteiger partial charge in [-0.15, -0.1) is 5.10 Å². The first-order chi connectivity index (χ1) is 12.2. The number of anilines is 1. The monoisotopic (exact) mass is 357 g/mol. The van der Waals surface area contributed by atoms with Gasteiger partial charge in [-0.05, 0) is 38.1 Å². The van der Waals surface area contributed by atoms with Gasteiger partial charge < -0.3 is 19.9 Å². The Morgan fingerprint density at radius 1 is 1.15 bits per heavy atom. The van der Waals surface area contributed by atoms with Crippen LogP contribution in [0.5, 0.6) is 0 Å².